The molecule has 2 rings (SSSR count). The van der Waals surface area contributed by atoms with Crippen LogP contribution in [0.5, 0.6) is 5.75 Å². The molecule has 0 spiro atoms. The fraction of sp³-hybridized carbons (Fsp3) is 0.188. The van der Waals surface area contributed by atoms with Gasteiger partial charge in [0.15, 0.2) is 0 Å². The van der Waals surface area contributed by atoms with Gasteiger partial charge in [0.05, 0.1) is 23.3 Å². The Morgan fingerprint density at radius 1 is 1.00 bits per heavy atom. The number of hydrogen-bond acceptors (Lipinski definition) is 5. The van der Waals surface area contributed by atoms with Crippen LogP contribution >= 0.6 is 0 Å². The Balaban J connectivity index is 2.24. The average Bonchev–Trinajstić information content (AvgIpc) is 2.59. The molecule has 6 nitrogen and oxygen atoms in total. The first kappa shape index (κ1) is 19.6. The van der Waals surface area contributed by atoms with Crippen LogP contribution in [0.25, 0.3) is 0 Å². The van der Waals surface area contributed by atoms with Gasteiger partial charge in [-0.2, -0.15) is 0 Å². The van der Waals surface area contributed by atoms with Crippen molar-refractivity contribution >= 4 is 21.7 Å². The van der Waals surface area contributed by atoms with E-state index in [1.54, 1.807) is 0 Å². The number of methoxy groups -OCH3 is 1. The Hall–Kier alpha value is -2.75. The molecule has 10 heteroatoms. The van der Waals surface area contributed by atoms with E-state index in [1.807, 2.05) is 0 Å². The molecule has 0 atom stereocenters. The van der Waals surface area contributed by atoms with Crippen LogP contribution in [0.4, 0.5) is 18.9 Å². The summed E-state index contributed by atoms with van der Waals surface area (Å²) in [7, 11) is -1.51. The number of nitrogens with zero attached hydrogens (tertiary/aromatic N) is 1. The second kappa shape index (κ2) is 7.24. The summed E-state index contributed by atoms with van der Waals surface area (Å²) >= 11 is 0. The second-order valence-electron chi connectivity index (χ2n) is 5.03. The van der Waals surface area contributed by atoms with Gasteiger partial charge in [-0.3, -0.25) is 4.31 Å². The van der Waals surface area contributed by atoms with Crippen molar-refractivity contribution in [1.29, 1.82) is 0 Å². The van der Waals surface area contributed by atoms with Gasteiger partial charge in [-0.05, 0) is 48.5 Å². The van der Waals surface area contributed by atoms with Crippen LogP contribution in [-0.2, 0) is 14.8 Å². The van der Waals surface area contributed by atoms with Gasteiger partial charge in [0.1, 0.15) is 5.75 Å². The van der Waals surface area contributed by atoms with Crippen LogP contribution in [-0.4, -0.2) is 34.9 Å². The van der Waals surface area contributed by atoms with Gasteiger partial charge in [0.2, 0.25) is 0 Å². The van der Waals surface area contributed by atoms with Crippen LogP contribution in [0.15, 0.2) is 53.4 Å². The van der Waals surface area contributed by atoms with Crippen LogP contribution in [0.1, 0.15) is 10.4 Å². The SMILES string of the molecule is COC(=O)c1ccc(N(C)S(=O)(=O)c2ccc(OC(F)(F)F)cc2)cc1. The van der Waals surface area contributed by atoms with Gasteiger partial charge < -0.3 is 9.47 Å². The molecule has 2 aromatic rings. The summed E-state index contributed by atoms with van der Waals surface area (Å²) in [6.07, 6.45) is -4.86. The highest BCUT2D eigenvalue weighted by Gasteiger charge is 2.31. The Kier molecular flexibility index (Phi) is 5.45. The molecular formula is C16H14F3NO5S. The Morgan fingerprint density at radius 2 is 1.54 bits per heavy atom. The van der Waals surface area contributed by atoms with Crippen LogP contribution in [0.3, 0.4) is 0 Å². The highest BCUT2D eigenvalue weighted by atomic mass is 32.2. The van der Waals surface area contributed by atoms with Crippen LogP contribution < -0.4 is 9.04 Å². The number of rotatable bonds is 5. The topological polar surface area (TPSA) is 72.9 Å². The largest absolute Gasteiger partial charge is 0.573 e. The van der Waals surface area contributed by atoms with Gasteiger partial charge in [-0.25, -0.2) is 13.2 Å². The standard InChI is InChI=1S/C16H14F3NO5S/c1-20(12-5-3-11(4-6-12)15(21)24-2)26(22,23)14-9-7-13(8-10-14)25-16(17,18)19/h3-10H,1-2H3. The molecule has 0 N–H and O–H groups in total. The molecule has 0 aromatic heterocycles. The van der Waals surface area contributed by atoms with Crippen molar-refractivity contribution in [2.45, 2.75) is 11.3 Å². The molecule has 140 valence electrons. The van der Waals surface area contributed by atoms with Gasteiger partial charge in [-0.15, -0.1) is 13.2 Å². The third kappa shape index (κ3) is 4.45. The molecule has 0 fully saturated rings. The summed E-state index contributed by atoms with van der Waals surface area (Å²) < 4.78 is 70.8. The molecule has 0 saturated heterocycles. The first-order valence-electron chi connectivity index (χ1n) is 7.08. The molecule has 0 unspecified atom stereocenters. The van der Waals surface area contributed by atoms with Crippen molar-refractivity contribution in [2.24, 2.45) is 0 Å². The summed E-state index contributed by atoms with van der Waals surface area (Å²) in [5, 5.41) is 0. The zero-order valence-electron chi connectivity index (χ0n) is 13.6. The number of benzene rings is 2. The van der Waals surface area contributed by atoms with Crippen LogP contribution in [0.2, 0.25) is 0 Å². The number of ether oxygens (including phenoxy) is 2. The summed E-state index contributed by atoms with van der Waals surface area (Å²) in [6, 6.07) is 9.45. The van der Waals surface area contributed by atoms with Crippen molar-refractivity contribution in [3.63, 3.8) is 0 Å². The summed E-state index contributed by atoms with van der Waals surface area (Å²) in [4.78, 5) is 11.2. The lowest BCUT2D eigenvalue weighted by Gasteiger charge is -2.20. The monoisotopic (exact) mass is 389 g/mol. The third-order valence-electron chi connectivity index (χ3n) is 3.37. The second-order valence-corrected chi connectivity index (χ2v) is 7.00. The van der Waals surface area contributed by atoms with Crippen molar-refractivity contribution in [1.82, 2.24) is 0 Å². The van der Waals surface area contributed by atoms with E-state index in [4.69, 9.17) is 0 Å². The molecule has 0 saturated carbocycles. The van der Waals surface area contributed by atoms with E-state index >= 15 is 0 Å². The molecule has 0 amide bonds. The lowest BCUT2D eigenvalue weighted by atomic mass is 10.2. The Bertz CT molecular complexity index is 878. The molecule has 0 radical (unpaired) electrons. The molecule has 0 aliphatic rings. The van der Waals surface area contributed by atoms with E-state index in [9.17, 15) is 26.4 Å². The minimum atomic E-state index is -4.86. The number of carbonyl (C=O) groups is 1. The highest BCUT2D eigenvalue weighted by molar-refractivity contribution is 7.92. The minimum Gasteiger partial charge on any atom is -0.465 e. The van der Waals surface area contributed by atoms with Crippen molar-refractivity contribution in [3.05, 3.63) is 54.1 Å². The molecule has 2 aromatic carbocycles. The maximum absolute atomic E-state index is 12.6. The number of anilines is 1. The first-order valence-corrected chi connectivity index (χ1v) is 8.52. The number of halogens is 3. The number of sulfonamides is 1. The normalized spacial score (nSPS) is 11.7. The summed E-state index contributed by atoms with van der Waals surface area (Å²) in [6.45, 7) is 0. The zero-order chi connectivity index (χ0) is 19.5. The smallest absolute Gasteiger partial charge is 0.465 e. The summed E-state index contributed by atoms with van der Waals surface area (Å²) in [5.74, 6) is -1.09. The van der Waals surface area contributed by atoms with E-state index in [-0.39, 0.29) is 16.1 Å². The molecule has 0 aliphatic carbocycles. The first-order chi connectivity index (χ1) is 12.0. The number of carbonyl (C=O) groups excluding carboxylic acids is 1. The lowest BCUT2D eigenvalue weighted by molar-refractivity contribution is -0.274. The molecule has 0 bridgehead atoms. The average molecular weight is 389 g/mol. The maximum Gasteiger partial charge on any atom is 0.573 e. The predicted molar refractivity (Wildman–Crippen MR) is 86.5 cm³/mol. The number of alkyl halides is 3. The number of hydrogen-bond donors (Lipinski definition) is 0. The van der Waals surface area contributed by atoms with Crippen molar-refractivity contribution < 1.29 is 35.9 Å². The third-order valence-corrected chi connectivity index (χ3v) is 5.17. The highest BCUT2D eigenvalue weighted by Crippen LogP contribution is 2.26. The van der Waals surface area contributed by atoms with E-state index in [2.05, 4.69) is 9.47 Å². The van der Waals surface area contributed by atoms with Gasteiger partial charge in [-0.1, -0.05) is 0 Å². The van der Waals surface area contributed by atoms with Gasteiger partial charge in [0.25, 0.3) is 10.0 Å². The lowest BCUT2D eigenvalue weighted by Crippen LogP contribution is -2.26. The predicted octanol–water partition coefficient (Wildman–Crippen LogP) is 3.20. The molecule has 0 heterocycles. The molecular weight excluding hydrogens is 375 g/mol. The van der Waals surface area contributed by atoms with E-state index < -0.39 is 28.1 Å². The minimum absolute atomic E-state index is 0.216. The van der Waals surface area contributed by atoms with Gasteiger partial charge >= 0.3 is 12.3 Å². The molecule has 0 aliphatic heterocycles. The fourth-order valence-electron chi connectivity index (χ4n) is 2.04. The zero-order valence-corrected chi connectivity index (χ0v) is 14.5. The van der Waals surface area contributed by atoms with Gasteiger partial charge in [0, 0.05) is 7.05 Å². The Labute approximate surface area is 147 Å². The summed E-state index contributed by atoms with van der Waals surface area (Å²) in [5.41, 5.74) is 0.504. The number of esters is 1. The van der Waals surface area contributed by atoms with Crippen LogP contribution in [0, 0.1) is 0 Å². The quantitative estimate of drug-likeness (QED) is 0.735. The van der Waals surface area contributed by atoms with Crippen molar-refractivity contribution in [3.8, 4) is 5.75 Å². The van der Waals surface area contributed by atoms with E-state index in [0.29, 0.717) is 0 Å². The van der Waals surface area contributed by atoms with Crippen molar-refractivity contribution in [2.75, 3.05) is 18.5 Å². The molecule has 26 heavy (non-hydrogen) atoms. The Morgan fingerprint density at radius 3 is 2.00 bits per heavy atom. The van der Waals surface area contributed by atoms with E-state index in [1.165, 1.54) is 38.4 Å². The van der Waals surface area contributed by atoms with E-state index in [0.717, 1.165) is 28.6 Å². The maximum atomic E-state index is 12.6. The fourth-order valence-corrected chi connectivity index (χ4v) is 3.23.